The van der Waals surface area contributed by atoms with Crippen molar-refractivity contribution in [3.8, 4) is 17.2 Å². The summed E-state index contributed by atoms with van der Waals surface area (Å²) in [5.41, 5.74) is 5.55. The summed E-state index contributed by atoms with van der Waals surface area (Å²) < 4.78 is 17.6. The van der Waals surface area contributed by atoms with Gasteiger partial charge in [0.05, 0.1) is 25.5 Å². The van der Waals surface area contributed by atoms with Crippen molar-refractivity contribution in [2.24, 2.45) is 0 Å². The first-order chi connectivity index (χ1) is 15.0. The minimum absolute atomic E-state index is 0.329. The van der Waals surface area contributed by atoms with Gasteiger partial charge >= 0.3 is 0 Å². The molecule has 0 N–H and O–H groups in total. The molecule has 5 nitrogen and oxygen atoms in total. The number of aromatic nitrogens is 1. The molecule has 0 aliphatic carbocycles. The number of hydrogen-bond donors (Lipinski definition) is 0. The van der Waals surface area contributed by atoms with Crippen molar-refractivity contribution in [3.63, 3.8) is 0 Å². The van der Waals surface area contributed by atoms with Crippen molar-refractivity contribution in [2.45, 2.75) is 52.9 Å². The van der Waals surface area contributed by atoms with E-state index >= 15 is 0 Å². The standard InChI is InChI=1S/C26H32N2O3/c1-18-19(2)25(29-4)11-10-23(18)26-27-24(20(3)31-26)16-28-14-12-22(13-15-28)30-17-21-8-6-5-7-9-21/h5-11,22H,12-17H2,1-4H3. The lowest BCUT2D eigenvalue weighted by Crippen LogP contribution is -2.36. The van der Waals surface area contributed by atoms with Crippen molar-refractivity contribution < 1.29 is 13.9 Å². The van der Waals surface area contributed by atoms with Crippen molar-refractivity contribution >= 4 is 0 Å². The quantitative estimate of drug-likeness (QED) is 0.508. The van der Waals surface area contributed by atoms with E-state index in [-0.39, 0.29) is 0 Å². The zero-order chi connectivity index (χ0) is 21.8. The summed E-state index contributed by atoms with van der Waals surface area (Å²) in [5.74, 6) is 2.48. The Morgan fingerprint density at radius 3 is 2.45 bits per heavy atom. The van der Waals surface area contributed by atoms with Gasteiger partial charge in [-0.25, -0.2) is 4.98 Å². The van der Waals surface area contributed by atoms with E-state index in [2.05, 4.69) is 43.0 Å². The van der Waals surface area contributed by atoms with E-state index in [1.165, 1.54) is 5.56 Å². The highest BCUT2D eigenvalue weighted by molar-refractivity contribution is 5.63. The third kappa shape index (κ3) is 5.00. The van der Waals surface area contributed by atoms with Crippen LogP contribution in [0.25, 0.3) is 11.5 Å². The van der Waals surface area contributed by atoms with Crippen LogP contribution in [0.2, 0.25) is 0 Å². The van der Waals surface area contributed by atoms with Crippen LogP contribution >= 0.6 is 0 Å². The summed E-state index contributed by atoms with van der Waals surface area (Å²) in [6.45, 7) is 9.70. The van der Waals surface area contributed by atoms with Gasteiger partial charge in [0.2, 0.25) is 5.89 Å². The molecule has 5 heteroatoms. The highest BCUT2D eigenvalue weighted by Gasteiger charge is 2.22. The molecule has 1 fully saturated rings. The summed E-state index contributed by atoms with van der Waals surface area (Å²) in [5, 5.41) is 0. The zero-order valence-corrected chi connectivity index (χ0v) is 19.0. The second-order valence-electron chi connectivity index (χ2n) is 8.36. The van der Waals surface area contributed by atoms with Gasteiger partial charge in [-0.05, 0) is 62.4 Å². The molecule has 3 aromatic rings. The van der Waals surface area contributed by atoms with Gasteiger partial charge < -0.3 is 13.9 Å². The van der Waals surface area contributed by atoms with Gasteiger partial charge in [0.25, 0.3) is 0 Å². The lowest BCUT2D eigenvalue weighted by atomic mass is 10.0. The Morgan fingerprint density at radius 2 is 1.74 bits per heavy atom. The Hall–Kier alpha value is -2.63. The van der Waals surface area contributed by atoms with Crippen LogP contribution in [0.15, 0.2) is 46.9 Å². The van der Waals surface area contributed by atoms with Crippen LogP contribution in [0.3, 0.4) is 0 Å². The van der Waals surface area contributed by atoms with Gasteiger partial charge in [-0.1, -0.05) is 30.3 Å². The minimum Gasteiger partial charge on any atom is -0.496 e. The SMILES string of the molecule is COc1ccc(-c2nc(CN3CCC(OCc4ccccc4)CC3)c(C)o2)c(C)c1C. The molecular weight excluding hydrogens is 388 g/mol. The molecule has 1 aliphatic rings. The largest absolute Gasteiger partial charge is 0.496 e. The number of aryl methyl sites for hydroxylation is 1. The second-order valence-corrected chi connectivity index (χ2v) is 8.36. The molecule has 0 amide bonds. The maximum absolute atomic E-state index is 6.13. The number of oxazole rings is 1. The number of methoxy groups -OCH3 is 1. The summed E-state index contributed by atoms with van der Waals surface area (Å²) in [4.78, 5) is 7.29. The monoisotopic (exact) mass is 420 g/mol. The fraction of sp³-hybridized carbons (Fsp3) is 0.423. The van der Waals surface area contributed by atoms with E-state index in [0.29, 0.717) is 18.6 Å². The maximum Gasteiger partial charge on any atom is 0.226 e. The fourth-order valence-electron chi connectivity index (χ4n) is 4.17. The van der Waals surface area contributed by atoms with Crippen molar-refractivity contribution in [3.05, 3.63) is 70.6 Å². The molecule has 0 atom stereocenters. The fourth-order valence-corrected chi connectivity index (χ4v) is 4.17. The first kappa shape index (κ1) is 21.6. The molecular formula is C26H32N2O3. The number of benzene rings is 2. The Bertz CT molecular complexity index is 1000. The molecule has 1 saturated heterocycles. The molecule has 1 aliphatic heterocycles. The molecule has 2 aromatic carbocycles. The number of rotatable bonds is 7. The molecule has 0 spiro atoms. The van der Waals surface area contributed by atoms with Crippen molar-refractivity contribution in [2.75, 3.05) is 20.2 Å². The maximum atomic E-state index is 6.13. The van der Waals surface area contributed by atoms with E-state index in [1.807, 2.05) is 25.1 Å². The second kappa shape index (κ2) is 9.67. The number of likely N-dealkylation sites (tertiary alicyclic amines) is 1. The van der Waals surface area contributed by atoms with Crippen LogP contribution in [0.1, 0.15) is 41.0 Å². The van der Waals surface area contributed by atoms with Gasteiger partial charge in [-0.3, -0.25) is 4.90 Å². The van der Waals surface area contributed by atoms with E-state index in [0.717, 1.165) is 66.4 Å². The Balaban J connectivity index is 1.35. The molecule has 0 radical (unpaired) electrons. The normalized spacial score (nSPS) is 15.4. The molecule has 2 heterocycles. The topological polar surface area (TPSA) is 47.7 Å². The van der Waals surface area contributed by atoms with E-state index in [4.69, 9.17) is 18.9 Å². The molecule has 0 bridgehead atoms. The van der Waals surface area contributed by atoms with E-state index in [1.54, 1.807) is 7.11 Å². The van der Waals surface area contributed by atoms with Crippen molar-refractivity contribution in [1.29, 1.82) is 0 Å². The molecule has 164 valence electrons. The smallest absolute Gasteiger partial charge is 0.226 e. The third-order valence-electron chi connectivity index (χ3n) is 6.32. The highest BCUT2D eigenvalue weighted by atomic mass is 16.5. The van der Waals surface area contributed by atoms with Crippen molar-refractivity contribution in [1.82, 2.24) is 9.88 Å². The van der Waals surface area contributed by atoms with E-state index < -0.39 is 0 Å². The Labute approximate surface area is 185 Å². The predicted octanol–water partition coefficient (Wildman–Crippen LogP) is 5.46. The zero-order valence-electron chi connectivity index (χ0n) is 19.0. The predicted molar refractivity (Wildman–Crippen MR) is 122 cm³/mol. The summed E-state index contributed by atoms with van der Waals surface area (Å²) in [6.07, 6.45) is 2.43. The van der Waals surface area contributed by atoms with Crippen LogP contribution < -0.4 is 4.74 Å². The highest BCUT2D eigenvalue weighted by Crippen LogP contribution is 2.32. The molecule has 31 heavy (non-hydrogen) atoms. The van der Waals surface area contributed by atoms with Crippen LogP contribution in [0, 0.1) is 20.8 Å². The van der Waals surface area contributed by atoms with Gasteiger partial charge in [0.1, 0.15) is 11.5 Å². The van der Waals surface area contributed by atoms with Crippen LogP contribution in [0.4, 0.5) is 0 Å². The van der Waals surface area contributed by atoms with Crippen LogP contribution in [0.5, 0.6) is 5.75 Å². The van der Waals surface area contributed by atoms with Gasteiger partial charge in [-0.15, -0.1) is 0 Å². The van der Waals surface area contributed by atoms with Gasteiger partial charge in [0.15, 0.2) is 0 Å². The van der Waals surface area contributed by atoms with Crippen LogP contribution in [-0.2, 0) is 17.9 Å². The number of ether oxygens (including phenoxy) is 2. The number of piperidine rings is 1. The molecule has 0 saturated carbocycles. The average Bonchev–Trinajstić information content (AvgIpc) is 3.15. The lowest BCUT2D eigenvalue weighted by Gasteiger charge is -2.31. The Morgan fingerprint density at radius 1 is 1.00 bits per heavy atom. The van der Waals surface area contributed by atoms with Crippen LogP contribution in [-0.4, -0.2) is 36.2 Å². The molecule has 0 unspecified atom stereocenters. The number of nitrogens with zero attached hydrogens (tertiary/aromatic N) is 2. The summed E-state index contributed by atoms with van der Waals surface area (Å²) >= 11 is 0. The summed E-state index contributed by atoms with van der Waals surface area (Å²) in [6, 6.07) is 14.4. The molecule has 1 aromatic heterocycles. The number of hydrogen-bond acceptors (Lipinski definition) is 5. The minimum atomic E-state index is 0.329. The average molecular weight is 421 g/mol. The third-order valence-corrected chi connectivity index (χ3v) is 6.32. The van der Waals surface area contributed by atoms with Gasteiger partial charge in [0, 0.05) is 25.2 Å². The first-order valence-electron chi connectivity index (χ1n) is 11.0. The lowest BCUT2D eigenvalue weighted by molar-refractivity contribution is -0.00418. The Kier molecular flexibility index (Phi) is 6.73. The van der Waals surface area contributed by atoms with Gasteiger partial charge in [-0.2, -0.15) is 0 Å². The summed E-state index contributed by atoms with van der Waals surface area (Å²) in [7, 11) is 1.70. The first-order valence-corrected chi connectivity index (χ1v) is 11.0. The molecule has 4 rings (SSSR count). The van der Waals surface area contributed by atoms with E-state index in [9.17, 15) is 0 Å².